The minimum Gasteiger partial charge on any atom is -0.493 e. The molecule has 2 amide bonds. The van der Waals surface area contributed by atoms with E-state index < -0.39 is 0 Å². The molecule has 2 aromatic rings. The number of amides is 2. The van der Waals surface area contributed by atoms with Crippen LogP contribution in [-0.4, -0.2) is 31.6 Å². The number of ether oxygens (including phenoxy) is 2. The summed E-state index contributed by atoms with van der Waals surface area (Å²) < 4.78 is 10.7. The molecule has 0 radical (unpaired) electrons. The van der Waals surface area contributed by atoms with Crippen molar-refractivity contribution in [1.82, 2.24) is 5.32 Å². The summed E-state index contributed by atoms with van der Waals surface area (Å²) in [6, 6.07) is 10.3. The van der Waals surface area contributed by atoms with Gasteiger partial charge < -0.3 is 20.1 Å². The SMILES string of the molecule is CCOc1c(Cl)cc(C(=O)Nc2ccc(CC(=O)NC(C)C)cc2)cc1OC. The van der Waals surface area contributed by atoms with Gasteiger partial charge in [0.2, 0.25) is 5.91 Å². The van der Waals surface area contributed by atoms with Crippen molar-refractivity contribution in [3.8, 4) is 11.5 Å². The van der Waals surface area contributed by atoms with Crippen LogP contribution >= 0.6 is 11.6 Å². The normalized spacial score (nSPS) is 10.5. The van der Waals surface area contributed by atoms with E-state index in [4.69, 9.17) is 21.1 Å². The highest BCUT2D eigenvalue weighted by Gasteiger charge is 2.16. The first kappa shape index (κ1) is 21.6. The van der Waals surface area contributed by atoms with Gasteiger partial charge in [-0.1, -0.05) is 23.7 Å². The number of hydrogen-bond donors (Lipinski definition) is 2. The summed E-state index contributed by atoms with van der Waals surface area (Å²) in [4.78, 5) is 24.4. The van der Waals surface area contributed by atoms with Crippen LogP contribution < -0.4 is 20.1 Å². The van der Waals surface area contributed by atoms with Crippen molar-refractivity contribution in [2.24, 2.45) is 0 Å². The Hall–Kier alpha value is -2.73. The summed E-state index contributed by atoms with van der Waals surface area (Å²) in [6.07, 6.45) is 0.290. The number of rotatable bonds is 8. The third-order valence-corrected chi connectivity index (χ3v) is 4.09. The number of methoxy groups -OCH3 is 1. The van der Waals surface area contributed by atoms with Crippen LogP contribution in [0.2, 0.25) is 5.02 Å². The quantitative estimate of drug-likeness (QED) is 0.695. The van der Waals surface area contributed by atoms with Crippen molar-refractivity contribution in [3.05, 3.63) is 52.5 Å². The molecule has 0 spiro atoms. The van der Waals surface area contributed by atoms with Crippen LogP contribution in [0, 0.1) is 0 Å². The molecule has 0 saturated carbocycles. The second-order valence-corrected chi connectivity index (χ2v) is 6.88. The maximum Gasteiger partial charge on any atom is 0.255 e. The molecule has 0 aliphatic heterocycles. The van der Waals surface area contributed by atoms with E-state index >= 15 is 0 Å². The number of hydrogen-bond acceptors (Lipinski definition) is 4. The van der Waals surface area contributed by atoms with E-state index in [2.05, 4.69) is 10.6 Å². The smallest absolute Gasteiger partial charge is 0.255 e. The molecule has 0 saturated heterocycles. The number of benzene rings is 2. The Balaban J connectivity index is 2.08. The zero-order chi connectivity index (χ0) is 20.7. The molecule has 0 unspecified atom stereocenters. The Morgan fingerprint density at radius 1 is 1.14 bits per heavy atom. The molecule has 28 heavy (non-hydrogen) atoms. The summed E-state index contributed by atoms with van der Waals surface area (Å²) in [6.45, 7) is 6.10. The molecule has 2 N–H and O–H groups in total. The van der Waals surface area contributed by atoms with Crippen LogP contribution in [0.25, 0.3) is 0 Å². The molecule has 0 aliphatic carbocycles. The Morgan fingerprint density at radius 3 is 2.39 bits per heavy atom. The van der Waals surface area contributed by atoms with Crippen LogP contribution in [0.3, 0.4) is 0 Å². The zero-order valence-electron chi connectivity index (χ0n) is 16.5. The van der Waals surface area contributed by atoms with Gasteiger partial charge in [-0.05, 0) is 50.6 Å². The monoisotopic (exact) mass is 404 g/mol. The second-order valence-electron chi connectivity index (χ2n) is 6.47. The summed E-state index contributed by atoms with van der Waals surface area (Å²) in [5.74, 6) is 0.440. The minimum absolute atomic E-state index is 0.0390. The lowest BCUT2D eigenvalue weighted by molar-refractivity contribution is -0.120. The highest BCUT2D eigenvalue weighted by atomic mass is 35.5. The van der Waals surface area contributed by atoms with Gasteiger partial charge in [0.15, 0.2) is 11.5 Å². The number of anilines is 1. The predicted octanol–water partition coefficient (Wildman–Crippen LogP) is 4.07. The van der Waals surface area contributed by atoms with E-state index in [1.54, 1.807) is 30.3 Å². The number of halogens is 1. The highest BCUT2D eigenvalue weighted by molar-refractivity contribution is 6.32. The van der Waals surface area contributed by atoms with Gasteiger partial charge in [0.25, 0.3) is 5.91 Å². The van der Waals surface area contributed by atoms with Crippen LogP contribution in [0.5, 0.6) is 11.5 Å². The van der Waals surface area contributed by atoms with Crippen molar-refractivity contribution in [1.29, 1.82) is 0 Å². The van der Waals surface area contributed by atoms with Crippen molar-refractivity contribution in [2.75, 3.05) is 19.0 Å². The molecule has 0 atom stereocenters. The lowest BCUT2D eigenvalue weighted by Crippen LogP contribution is -2.31. The summed E-state index contributed by atoms with van der Waals surface area (Å²) >= 11 is 6.22. The Kier molecular flexibility index (Phi) is 7.70. The molecule has 7 heteroatoms. The average Bonchev–Trinajstić information content (AvgIpc) is 2.64. The second kappa shape index (κ2) is 9.99. The van der Waals surface area contributed by atoms with Gasteiger partial charge in [0, 0.05) is 17.3 Å². The van der Waals surface area contributed by atoms with Crippen LogP contribution in [0.4, 0.5) is 5.69 Å². The van der Waals surface area contributed by atoms with Crippen LogP contribution in [0.15, 0.2) is 36.4 Å². The van der Waals surface area contributed by atoms with Crippen molar-refractivity contribution < 1.29 is 19.1 Å². The van der Waals surface area contributed by atoms with Gasteiger partial charge in [-0.2, -0.15) is 0 Å². The topological polar surface area (TPSA) is 76.7 Å². The van der Waals surface area contributed by atoms with Gasteiger partial charge in [-0.3, -0.25) is 9.59 Å². The van der Waals surface area contributed by atoms with Gasteiger partial charge in [-0.15, -0.1) is 0 Å². The first-order valence-corrected chi connectivity index (χ1v) is 9.41. The van der Waals surface area contributed by atoms with Crippen LogP contribution in [-0.2, 0) is 11.2 Å². The summed E-state index contributed by atoms with van der Waals surface area (Å²) in [7, 11) is 1.49. The molecular weight excluding hydrogens is 380 g/mol. The number of nitrogens with one attached hydrogen (secondary N) is 2. The Bertz CT molecular complexity index is 835. The van der Waals surface area contributed by atoms with E-state index in [-0.39, 0.29) is 24.3 Å². The largest absolute Gasteiger partial charge is 0.493 e. The molecule has 2 rings (SSSR count). The number of carbonyl (C=O) groups is 2. The molecule has 150 valence electrons. The van der Waals surface area contributed by atoms with Crippen molar-refractivity contribution >= 4 is 29.1 Å². The average molecular weight is 405 g/mol. The van der Waals surface area contributed by atoms with E-state index in [1.807, 2.05) is 20.8 Å². The van der Waals surface area contributed by atoms with Gasteiger partial charge >= 0.3 is 0 Å². The molecule has 0 aliphatic rings. The molecular formula is C21H25ClN2O4. The molecule has 6 nitrogen and oxygen atoms in total. The maximum atomic E-state index is 12.6. The van der Waals surface area contributed by atoms with E-state index in [1.165, 1.54) is 13.2 Å². The molecule has 2 aromatic carbocycles. The predicted molar refractivity (Wildman–Crippen MR) is 111 cm³/mol. The van der Waals surface area contributed by atoms with Gasteiger partial charge in [0.05, 0.1) is 25.2 Å². The minimum atomic E-state index is -0.325. The number of carbonyl (C=O) groups excluding carboxylic acids is 2. The van der Waals surface area contributed by atoms with Crippen molar-refractivity contribution in [3.63, 3.8) is 0 Å². The third-order valence-electron chi connectivity index (χ3n) is 3.81. The fourth-order valence-electron chi connectivity index (χ4n) is 2.60. The molecule has 0 aromatic heterocycles. The van der Waals surface area contributed by atoms with E-state index in [0.29, 0.717) is 34.4 Å². The zero-order valence-corrected chi connectivity index (χ0v) is 17.2. The fourth-order valence-corrected chi connectivity index (χ4v) is 2.87. The Labute approximate surface area is 170 Å². The molecule has 0 fully saturated rings. The van der Waals surface area contributed by atoms with Crippen molar-refractivity contribution in [2.45, 2.75) is 33.2 Å². The van der Waals surface area contributed by atoms with Gasteiger partial charge in [0.1, 0.15) is 0 Å². The fraction of sp³-hybridized carbons (Fsp3) is 0.333. The maximum absolute atomic E-state index is 12.6. The summed E-state index contributed by atoms with van der Waals surface area (Å²) in [5, 5.41) is 5.96. The first-order valence-electron chi connectivity index (χ1n) is 9.04. The summed E-state index contributed by atoms with van der Waals surface area (Å²) in [5.41, 5.74) is 1.83. The Morgan fingerprint density at radius 2 is 1.82 bits per heavy atom. The standard InChI is InChI=1S/C21H25ClN2O4/c1-5-28-20-17(22)11-15(12-18(20)27-4)21(26)24-16-8-6-14(7-9-16)10-19(25)23-13(2)3/h6-9,11-13H,5,10H2,1-4H3,(H,23,25)(H,24,26). The first-order chi connectivity index (χ1) is 13.3. The van der Waals surface area contributed by atoms with Gasteiger partial charge in [-0.25, -0.2) is 0 Å². The van der Waals surface area contributed by atoms with E-state index in [9.17, 15) is 9.59 Å². The molecule has 0 heterocycles. The van der Waals surface area contributed by atoms with Crippen LogP contribution in [0.1, 0.15) is 36.7 Å². The third kappa shape index (κ3) is 5.89. The molecule has 0 bridgehead atoms. The van der Waals surface area contributed by atoms with E-state index in [0.717, 1.165) is 5.56 Å². The lowest BCUT2D eigenvalue weighted by atomic mass is 10.1. The lowest BCUT2D eigenvalue weighted by Gasteiger charge is -2.13. The highest BCUT2D eigenvalue weighted by Crippen LogP contribution is 2.36.